The maximum absolute atomic E-state index is 13.4. The second-order valence-electron chi connectivity index (χ2n) is 7.33. The summed E-state index contributed by atoms with van der Waals surface area (Å²) in [6.45, 7) is 2.81. The Labute approximate surface area is 191 Å². The van der Waals surface area contributed by atoms with Crippen LogP contribution >= 0.6 is 0 Å². The van der Waals surface area contributed by atoms with Gasteiger partial charge in [0.05, 0.1) is 11.1 Å². The number of ketones is 1. The number of hydrogen-bond donors (Lipinski definition) is 1. The van der Waals surface area contributed by atoms with E-state index in [9.17, 15) is 24.3 Å². The van der Waals surface area contributed by atoms with E-state index in [0.29, 0.717) is 17.4 Å². The number of ether oxygens (including phenoxy) is 1. The molecule has 3 aromatic carbocycles. The highest BCUT2D eigenvalue weighted by Crippen LogP contribution is 2.20. The third-order valence-corrected chi connectivity index (χ3v) is 5.03. The monoisotopic (exact) mass is 445 g/mol. The van der Waals surface area contributed by atoms with Crippen LogP contribution in [0.3, 0.4) is 0 Å². The molecular weight excluding hydrogens is 422 g/mol. The molecule has 2 unspecified atom stereocenters. The first-order valence-corrected chi connectivity index (χ1v) is 10.3. The Hall–Kier alpha value is -4.10. The van der Waals surface area contributed by atoms with Crippen molar-refractivity contribution in [2.24, 2.45) is 0 Å². The van der Waals surface area contributed by atoms with E-state index in [2.05, 4.69) is 0 Å². The van der Waals surface area contributed by atoms with Crippen LogP contribution in [-0.4, -0.2) is 46.4 Å². The van der Waals surface area contributed by atoms with Gasteiger partial charge in [-0.1, -0.05) is 60.7 Å². The zero-order chi connectivity index (χ0) is 24.0. The van der Waals surface area contributed by atoms with Crippen molar-refractivity contribution in [2.45, 2.75) is 26.3 Å². The van der Waals surface area contributed by atoms with Gasteiger partial charge in [-0.15, -0.1) is 0 Å². The van der Waals surface area contributed by atoms with Gasteiger partial charge in [-0.2, -0.15) is 0 Å². The van der Waals surface area contributed by atoms with Gasteiger partial charge in [0.25, 0.3) is 5.91 Å². The number of aldehydes is 1. The van der Waals surface area contributed by atoms with Crippen molar-refractivity contribution in [1.82, 2.24) is 4.90 Å². The highest BCUT2D eigenvalue weighted by molar-refractivity contribution is 6.15. The Bertz CT molecular complexity index is 1150. The van der Waals surface area contributed by atoms with Crippen molar-refractivity contribution in [1.29, 1.82) is 0 Å². The minimum atomic E-state index is -1.31. The van der Waals surface area contributed by atoms with Gasteiger partial charge in [0.2, 0.25) is 0 Å². The van der Waals surface area contributed by atoms with Crippen molar-refractivity contribution in [3.63, 3.8) is 0 Å². The lowest BCUT2D eigenvalue weighted by Crippen LogP contribution is -2.47. The molecule has 0 saturated heterocycles. The maximum atomic E-state index is 13.4. The SMILES string of the molecule is CC(O)N(C(=O)c1ccccc1C(=O)c1ccccc1)C(C)OC(=O)c1ccc(C=O)cc1. The number of rotatable bonds is 8. The minimum absolute atomic E-state index is 0.0745. The molecule has 7 heteroatoms. The van der Waals surface area contributed by atoms with Crippen LogP contribution in [0.15, 0.2) is 78.9 Å². The van der Waals surface area contributed by atoms with Crippen molar-refractivity contribution < 1.29 is 29.0 Å². The third-order valence-electron chi connectivity index (χ3n) is 5.03. The molecule has 7 nitrogen and oxygen atoms in total. The van der Waals surface area contributed by atoms with E-state index in [1.165, 1.54) is 50.2 Å². The van der Waals surface area contributed by atoms with Crippen LogP contribution in [0.25, 0.3) is 0 Å². The number of carbonyl (C=O) groups is 4. The molecule has 0 aliphatic rings. The predicted molar refractivity (Wildman–Crippen MR) is 121 cm³/mol. The van der Waals surface area contributed by atoms with E-state index in [1.807, 2.05) is 0 Å². The number of carbonyl (C=O) groups excluding carboxylic acids is 4. The standard InChI is InChI=1S/C26H23NO6/c1-17(29)27(18(2)33-26(32)21-14-12-19(16-28)13-15-21)25(31)23-11-7-6-10-22(23)24(30)20-8-4-3-5-9-20/h3-18,29H,1-2H3. The molecule has 0 radical (unpaired) electrons. The number of aliphatic hydroxyl groups is 1. The van der Waals surface area contributed by atoms with E-state index in [0.717, 1.165) is 4.90 Å². The Morgan fingerprint density at radius 2 is 1.39 bits per heavy atom. The van der Waals surface area contributed by atoms with Crippen molar-refractivity contribution >= 4 is 23.9 Å². The normalized spacial score (nSPS) is 12.3. The van der Waals surface area contributed by atoms with Crippen LogP contribution in [0.2, 0.25) is 0 Å². The number of esters is 1. The number of nitrogens with zero attached hydrogens (tertiary/aromatic N) is 1. The molecule has 33 heavy (non-hydrogen) atoms. The van der Waals surface area contributed by atoms with Crippen molar-refractivity contribution in [3.05, 3.63) is 107 Å². The zero-order valence-electron chi connectivity index (χ0n) is 18.2. The van der Waals surface area contributed by atoms with Crippen molar-refractivity contribution in [2.75, 3.05) is 0 Å². The van der Waals surface area contributed by atoms with Gasteiger partial charge in [-0.3, -0.25) is 19.3 Å². The topological polar surface area (TPSA) is 101 Å². The van der Waals surface area contributed by atoms with Crippen molar-refractivity contribution in [3.8, 4) is 0 Å². The molecule has 2 atom stereocenters. The molecule has 0 spiro atoms. The summed E-state index contributed by atoms with van der Waals surface area (Å²) >= 11 is 0. The first kappa shape index (κ1) is 23.6. The molecule has 3 aromatic rings. The Morgan fingerprint density at radius 1 is 0.818 bits per heavy atom. The van der Waals surface area contributed by atoms with Gasteiger partial charge in [-0.25, -0.2) is 4.79 Å². The van der Waals surface area contributed by atoms with Crippen LogP contribution in [0, 0.1) is 0 Å². The lowest BCUT2D eigenvalue weighted by Gasteiger charge is -2.31. The van der Waals surface area contributed by atoms with Gasteiger partial charge in [0.1, 0.15) is 12.5 Å². The summed E-state index contributed by atoms with van der Waals surface area (Å²) in [5.41, 5.74) is 1.25. The second kappa shape index (κ2) is 10.5. The van der Waals surface area contributed by atoms with Crippen LogP contribution in [0.5, 0.6) is 0 Å². The summed E-state index contributed by atoms with van der Waals surface area (Å²) in [6.07, 6.45) is -1.80. The van der Waals surface area contributed by atoms with Crippen LogP contribution in [-0.2, 0) is 4.74 Å². The van der Waals surface area contributed by atoms with E-state index in [4.69, 9.17) is 4.74 Å². The summed E-state index contributed by atoms with van der Waals surface area (Å²) in [7, 11) is 0. The van der Waals surface area contributed by atoms with Gasteiger partial charge >= 0.3 is 5.97 Å². The first-order chi connectivity index (χ1) is 15.8. The van der Waals surface area contributed by atoms with Crippen LogP contribution in [0.1, 0.15) is 60.8 Å². The summed E-state index contributed by atoms with van der Waals surface area (Å²) < 4.78 is 5.39. The first-order valence-electron chi connectivity index (χ1n) is 10.3. The molecule has 168 valence electrons. The lowest BCUT2D eigenvalue weighted by atomic mass is 9.97. The average molecular weight is 445 g/mol. The van der Waals surface area contributed by atoms with E-state index in [-0.39, 0.29) is 22.5 Å². The third kappa shape index (κ3) is 5.39. The largest absolute Gasteiger partial charge is 0.438 e. The van der Waals surface area contributed by atoms with Crippen LogP contribution < -0.4 is 0 Å². The van der Waals surface area contributed by atoms with E-state index < -0.39 is 24.3 Å². The molecule has 1 N–H and O–H groups in total. The number of amides is 1. The van der Waals surface area contributed by atoms with Gasteiger partial charge < -0.3 is 9.84 Å². The highest BCUT2D eigenvalue weighted by Gasteiger charge is 2.30. The van der Waals surface area contributed by atoms with E-state index >= 15 is 0 Å². The molecule has 0 heterocycles. The number of aliphatic hydroxyl groups excluding tert-OH is 1. The molecule has 0 aliphatic carbocycles. The molecular formula is C26H23NO6. The molecule has 3 rings (SSSR count). The molecule has 0 aromatic heterocycles. The quantitative estimate of drug-likeness (QED) is 0.246. The second-order valence-corrected chi connectivity index (χ2v) is 7.33. The number of benzene rings is 3. The van der Waals surface area contributed by atoms with Crippen LogP contribution in [0.4, 0.5) is 0 Å². The molecule has 0 fully saturated rings. The fourth-order valence-corrected chi connectivity index (χ4v) is 3.37. The fourth-order valence-electron chi connectivity index (χ4n) is 3.37. The summed E-state index contributed by atoms with van der Waals surface area (Å²) in [5, 5.41) is 10.3. The Morgan fingerprint density at radius 3 is 1.97 bits per heavy atom. The van der Waals surface area contributed by atoms with E-state index in [1.54, 1.807) is 42.5 Å². The molecule has 0 saturated carbocycles. The Kier molecular flexibility index (Phi) is 7.48. The molecule has 1 amide bonds. The predicted octanol–water partition coefficient (Wildman–Crippen LogP) is 3.71. The van der Waals surface area contributed by atoms with Gasteiger partial charge in [-0.05, 0) is 32.0 Å². The highest BCUT2D eigenvalue weighted by atomic mass is 16.6. The minimum Gasteiger partial charge on any atom is -0.438 e. The number of hydrogen-bond acceptors (Lipinski definition) is 6. The van der Waals surface area contributed by atoms with Gasteiger partial charge in [0.15, 0.2) is 12.0 Å². The molecule has 0 aliphatic heterocycles. The average Bonchev–Trinajstić information content (AvgIpc) is 2.84. The lowest BCUT2D eigenvalue weighted by molar-refractivity contribution is -0.0721. The molecule has 0 bridgehead atoms. The zero-order valence-corrected chi connectivity index (χ0v) is 18.2. The summed E-state index contributed by atoms with van der Waals surface area (Å²) in [4.78, 5) is 50.7. The van der Waals surface area contributed by atoms with Gasteiger partial charge in [0, 0.05) is 16.7 Å². The smallest absolute Gasteiger partial charge is 0.340 e. The maximum Gasteiger partial charge on any atom is 0.340 e. The summed E-state index contributed by atoms with van der Waals surface area (Å²) in [6, 6.07) is 20.6. The Balaban J connectivity index is 1.86. The fraction of sp³-hybridized carbons (Fsp3) is 0.154. The summed E-state index contributed by atoms with van der Waals surface area (Å²) in [5.74, 6) is -1.74.